The van der Waals surface area contributed by atoms with Crippen LogP contribution in [0.4, 0.5) is 0 Å². The molecule has 0 spiro atoms. The summed E-state index contributed by atoms with van der Waals surface area (Å²) >= 11 is 1.58. The lowest BCUT2D eigenvalue weighted by Gasteiger charge is -2.16. The molecule has 1 aliphatic rings. The Morgan fingerprint density at radius 1 is 1.22 bits per heavy atom. The average molecular weight is 399 g/mol. The van der Waals surface area contributed by atoms with Gasteiger partial charge in [-0.05, 0) is 31.9 Å². The molecule has 0 fully saturated rings. The topological polar surface area (TPSA) is 94.8 Å². The minimum Gasteiger partial charge on any atom is -0.481 e. The van der Waals surface area contributed by atoms with E-state index in [2.05, 4.69) is 6.92 Å². The maximum Gasteiger partial charge on any atom is 0.303 e. The SMILES string of the molecule is CCCCC[C@H](O)/C=C/[C@@H]1C(SCCCCCC(=O)O)=C(C(C)=O)C[C@H]1O. The summed E-state index contributed by atoms with van der Waals surface area (Å²) in [6.07, 6.45) is 9.25. The highest BCUT2D eigenvalue weighted by atomic mass is 32.2. The number of aliphatic carboxylic acids is 1. The van der Waals surface area contributed by atoms with Gasteiger partial charge in [-0.25, -0.2) is 0 Å². The highest BCUT2D eigenvalue weighted by Crippen LogP contribution is 2.41. The number of aliphatic hydroxyl groups excluding tert-OH is 2. The van der Waals surface area contributed by atoms with Gasteiger partial charge >= 0.3 is 5.97 Å². The van der Waals surface area contributed by atoms with Crippen LogP contribution in [0.25, 0.3) is 0 Å². The second-order valence-electron chi connectivity index (χ2n) is 7.20. The van der Waals surface area contributed by atoms with Crippen LogP contribution in [-0.4, -0.2) is 45.0 Å². The lowest BCUT2D eigenvalue weighted by atomic mass is 10.0. The zero-order valence-electron chi connectivity index (χ0n) is 16.5. The number of ketones is 1. The number of carboxylic acid groups (broad SMARTS) is 1. The Balaban J connectivity index is 2.62. The van der Waals surface area contributed by atoms with Crippen LogP contribution in [0.15, 0.2) is 22.6 Å². The number of carbonyl (C=O) groups excluding carboxylic acids is 1. The van der Waals surface area contributed by atoms with Gasteiger partial charge in [0.25, 0.3) is 0 Å². The van der Waals surface area contributed by atoms with Crippen molar-refractivity contribution < 1.29 is 24.9 Å². The summed E-state index contributed by atoms with van der Waals surface area (Å²) in [6.45, 7) is 3.65. The van der Waals surface area contributed by atoms with E-state index < -0.39 is 18.2 Å². The van der Waals surface area contributed by atoms with Crippen LogP contribution in [0.5, 0.6) is 0 Å². The highest BCUT2D eigenvalue weighted by Gasteiger charge is 2.33. The number of rotatable bonds is 14. The molecule has 0 aromatic heterocycles. The third-order valence-electron chi connectivity index (χ3n) is 4.79. The molecule has 1 aliphatic carbocycles. The second-order valence-corrected chi connectivity index (χ2v) is 8.33. The molecular weight excluding hydrogens is 364 g/mol. The molecule has 0 heterocycles. The fourth-order valence-corrected chi connectivity index (χ4v) is 4.61. The Bertz CT molecular complexity index is 541. The van der Waals surface area contributed by atoms with Crippen molar-refractivity contribution in [1.82, 2.24) is 0 Å². The monoisotopic (exact) mass is 398 g/mol. The summed E-state index contributed by atoms with van der Waals surface area (Å²) in [5.74, 6) is -0.233. The molecule has 0 unspecified atom stereocenters. The van der Waals surface area contributed by atoms with Crippen molar-refractivity contribution in [1.29, 1.82) is 0 Å². The van der Waals surface area contributed by atoms with Gasteiger partial charge < -0.3 is 15.3 Å². The molecule has 1 rings (SSSR count). The first-order valence-corrected chi connectivity index (χ1v) is 11.0. The third-order valence-corrected chi connectivity index (χ3v) is 6.11. The van der Waals surface area contributed by atoms with E-state index >= 15 is 0 Å². The summed E-state index contributed by atoms with van der Waals surface area (Å²) in [5.41, 5.74) is 0.688. The number of hydrogen-bond donors (Lipinski definition) is 3. The van der Waals surface area contributed by atoms with Crippen LogP contribution in [0.2, 0.25) is 0 Å². The number of hydrogen-bond acceptors (Lipinski definition) is 5. The Kier molecular flexibility index (Phi) is 11.6. The number of Topliss-reactive ketones (excluding diaryl/α,β-unsaturated/α-hetero) is 1. The molecule has 3 N–H and O–H groups in total. The van der Waals surface area contributed by atoms with Crippen molar-refractivity contribution >= 4 is 23.5 Å². The quantitative estimate of drug-likeness (QED) is 0.301. The number of aliphatic hydroxyl groups is 2. The van der Waals surface area contributed by atoms with Gasteiger partial charge in [0.05, 0.1) is 12.2 Å². The Hall–Kier alpha value is -1.11. The molecule has 0 amide bonds. The van der Waals surface area contributed by atoms with E-state index in [4.69, 9.17) is 5.11 Å². The standard InChI is InChI=1S/C21H34O5S/c1-3-4-6-9-16(23)11-12-17-19(24)14-18(15(2)22)21(17)27-13-8-5-7-10-20(25)26/h11-12,16-17,19,23-24H,3-10,13-14H2,1-2H3,(H,25,26)/b12-11+/t16-,17-,19+/m0/s1. The van der Waals surface area contributed by atoms with Crippen molar-refractivity contribution in [2.75, 3.05) is 5.75 Å². The van der Waals surface area contributed by atoms with Crippen molar-refractivity contribution in [2.24, 2.45) is 5.92 Å². The number of thioether (sulfide) groups is 1. The predicted octanol–water partition coefficient (Wildman–Crippen LogP) is 4.09. The first-order chi connectivity index (χ1) is 12.9. The van der Waals surface area contributed by atoms with E-state index in [0.717, 1.165) is 42.8 Å². The summed E-state index contributed by atoms with van der Waals surface area (Å²) in [6, 6.07) is 0. The van der Waals surface area contributed by atoms with E-state index in [-0.39, 0.29) is 18.1 Å². The molecule has 0 bridgehead atoms. The lowest BCUT2D eigenvalue weighted by molar-refractivity contribution is -0.137. The van der Waals surface area contributed by atoms with Crippen LogP contribution in [0.3, 0.4) is 0 Å². The van der Waals surface area contributed by atoms with E-state index in [9.17, 15) is 19.8 Å². The third kappa shape index (κ3) is 9.08. The first kappa shape index (κ1) is 23.9. The molecule has 3 atom stereocenters. The van der Waals surface area contributed by atoms with Crippen LogP contribution in [0.1, 0.15) is 71.6 Å². The van der Waals surface area contributed by atoms with Crippen molar-refractivity contribution in [3.05, 3.63) is 22.6 Å². The van der Waals surface area contributed by atoms with Gasteiger partial charge in [-0.15, -0.1) is 11.8 Å². The first-order valence-electron chi connectivity index (χ1n) is 9.99. The Morgan fingerprint density at radius 2 is 1.96 bits per heavy atom. The zero-order valence-corrected chi connectivity index (χ0v) is 17.3. The van der Waals surface area contributed by atoms with Crippen molar-refractivity contribution in [3.8, 4) is 0 Å². The molecule has 0 aromatic rings. The van der Waals surface area contributed by atoms with Crippen LogP contribution < -0.4 is 0 Å². The summed E-state index contributed by atoms with van der Waals surface area (Å²) in [4.78, 5) is 23.4. The fraction of sp³-hybridized carbons (Fsp3) is 0.714. The van der Waals surface area contributed by atoms with Gasteiger partial charge in [0.2, 0.25) is 0 Å². The molecule has 0 aromatic carbocycles. The largest absolute Gasteiger partial charge is 0.481 e. The number of carboxylic acids is 1. The van der Waals surface area contributed by atoms with Gasteiger partial charge in [-0.3, -0.25) is 9.59 Å². The molecule has 0 saturated carbocycles. The van der Waals surface area contributed by atoms with Gasteiger partial charge in [-0.1, -0.05) is 44.8 Å². The summed E-state index contributed by atoms with van der Waals surface area (Å²) < 4.78 is 0. The minimum atomic E-state index is -0.772. The highest BCUT2D eigenvalue weighted by molar-refractivity contribution is 8.03. The molecule has 0 radical (unpaired) electrons. The molecule has 0 aliphatic heterocycles. The molecule has 0 saturated heterocycles. The second kappa shape index (κ2) is 13.1. The Labute approximate surface area is 166 Å². The molecule has 6 heteroatoms. The van der Waals surface area contributed by atoms with Gasteiger partial charge in [0.1, 0.15) is 0 Å². The number of carbonyl (C=O) groups is 2. The normalized spacial score (nSPS) is 21.2. The van der Waals surface area contributed by atoms with Crippen LogP contribution in [0, 0.1) is 5.92 Å². The number of unbranched alkanes of at least 4 members (excludes halogenated alkanes) is 4. The predicted molar refractivity (Wildman–Crippen MR) is 110 cm³/mol. The van der Waals surface area contributed by atoms with E-state index in [1.165, 1.54) is 6.92 Å². The average Bonchev–Trinajstić information content (AvgIpc) is 2.92. The fourth-order valence-electron chi connectivity index (χ4n) is 3.21. The van der Waals surface area contributed by atoms with Gasteiger partial charge in [-0.2, -0.15) is 0 Å². The minimum absolute atomic E-state index is 0.0122. The molecular formula is C21H34O5S. The smallest absolute Gasteiger partial charge is 0.303 e. The zero-order chi connectivity index (χ0) is 20.2. The maximum absolute atomic E-state index is 11.9. The lowest BCUT2D eigenvalue weighted by Crippen LogP contribution is -2.14. The maximum atomic E-state index is 11.9. The molecule has 5 nitrogen and oxygen atoms in total. The van der Waals surface area contributed by atoms with Crippen LogP contribution in [-0.2, 0) is 9.59 Å². The van der Waals surface area contributed by atoms with Gasteiger partial charge in [0.15, 0.2) is 5.78 Å². The van der Waals surface area contributed by atoms with E-state index in [1.54, 1.807) is 17.8 Å². The van der Waals surface area contributed by atoms with Crippen molar-refractivity contribution in [2.45, 2.75) is 83.8 Å². The summed E-state index contributed by atoms with van der Waals surface area (Å²) in [7, 11) is 0. The van der Waals surface area contributed by atoms with Crippen molar-refractivity contribution in [3.63, 3.8) is 0 Å². The summed E-state index contributed by atoms with van der Waals surface area (Å²) in [5, 5.41) is 29.2. The van der Waals surface area contributed by atoms with E-state index in [0.29, 0.717) is 24.8 Å². The molecule has 154 valence electrons. The Morgan fingerprint density at radius 3 is 2.59 bits per heavy atom. The van der Waals surface area contributed by atoms with Crippen LogP contribution >= 0.6 is 11.8 Å². The molecule has 27 heavy (non-hydrogen) atoms. The van der Waals surface area contributed by atoms with Gasteiger partial charge in [0, 0.05) is 29.2 Å². The van der Waals surface area contributed by atoms with E-state index in [1.807, 2.05) is 6.08 Å².